The second-order valence-corrected chi connectivity index (χ2v) is 6.98. The van der Waals surface area contributed by atoms with Gasteiger partial charge < -0.3 is 14.6 Å². The first-order valence-electron chi connectivity index (χ1n) is 9.42. The van der Waals surface area contributed by atoms with E-state index in [2.05, 4.69) is 29.3 Å². The number of nitro benzene ring substituents is 1. The fourth-order valence-corrected chi connectivity index (χ4v) is 2.83. The molecule has 0 atom stereocenters. The van der Waals surface area contributed by atoms with E-state index >= 15 is 0 Å². The molecule has 1 amide bonds. The third-order valence-electron chi connectivity index (χ3n) is 4.54. The van der Waals surface area contributed by atoms with Crippen molar-refractivity contribution in [1.29, 1.82) is 0 Å². The molecule has 1 N–H and O–H groups in total. The van der Waals surface area contributed by atoms with Crippen molar-refractivity contribution in [2.45, 2.75) is 32.6 Å². The first-order valence-corrected chi connectivity index (χ1v) is 9.42. The molecule has 3 aromatic rings. The summed E-state index contributed by atoms with van der Waals surface area (Å²) in [7, 11) is 1.42. The van der Waals surface area contributed by atoms with Crippen LogP contribution in [0.25, 0.3) is 11.4 Å². The Balaban J connectivity index is 1.62. The number of methoxy groups -OCH3 is 1. The fourth-order valence-electron chi connectivity index (χ4n) is 2.83. The van der Waals surface area contributed by atoms with E-state index in [4.69, 9.17) is 9.26 Å². The standard InChI is InChI=1S/C21H22N4O5/c1-13(2)14-4-6-15(7-5-14)21-23-20(30-24-21)11-10-19(26)22-17-12-16(25(27)28)8-9-18(17)29-3/h4-9,12-13H,10-11H2,1-3H3,(H,22,26). The van der Waals surface area contributed by atoms with E-state index < -0.39 is 4.92 Å². The van der Waals surface area contributed by atoms with E-state index in [1.165, 1.54) is 30.9 Å². The van der Waals surface area contributed by atoms with Crippen LogP contribution in [0.4, 0.5) is 11.4 Å². The van der Waals surface area contributed by atoms with Crippen LogP contribution in [-0.2, 0) is 11.2 Å². The number of non-ortho nitro benzene ring substituents is 1. The van der Waals surface area contributed by atoms with Crippen LogP contribution in [0.5, 0.6) is 5.75 Å². The molecular weight excluding hydrogens is 388 g/mol. The summed E-state index contributed by atoms with van der Waals surface area (Å²) < 4.78 is 10.4. The first kappa shape index (κ1) is 21.0. The Hall–Kier alpha value is -3.75. The van der Waals surface area contributed by atoms with Gasteiger partial charge in [-0.2, -0.15) is 4.98 Å². The largest absolute Gasteiger partial charge is 0.495 e. The second-order valence-electron chi connectivity index (χ2n) is 6.98. The van der Waals surface area contributed by atoms with Crippen molar-refractivity contribution < 1.29 is 19.0 Å². The topological polar surface area (TPSA) is 120 Å². The molecule has 1 heterocycles. The highest BCUT2D eigenvalue weighted by molar-refractivity contribution is 5.92. The molecule has 0 bridgehead atoms. The molecule has 0 radical (unpaired) electrons. The number of aromatic nitrogens is 2. The minimum Gasteiger partial charge on any atom is -0.495 e. The van der Waals surface area contributed by atoms with Crippen LogP contribution in [0.3, 0.4) is 0 Å². The lowest BCUT2D eigenvalue weighted by atomic mass is 10.0. The number of nitrogens with zero attached hydrogens (tertiary/aromatic N) is 3. The minimum atomic E-state index is -0.539. The maximum Gasteiger partial charge on any atom is 0.271 e. The highest BCUT2D eigenvalue weighted by Gasteiger charge is 2.15. The molecule has 3 rings (SSSR count). The summed E-state index contributed by atoms with van der Waals surface area (Å²) in [6.45, 7) is 4.24. The van der Waals surface area contributed by atoms with Crippen molar-refractivity contribution in [1.82, 2.24) is 10.1 Å². The Labute approximate surface area is 173 Å². The Bertz CT molecular complexity index is 1040. The number of anilines is 1. The fraction of sp³-hybridized carbons (Fsp3) is 0.286. The smallest absolute Gasteiger partial charge is 0.271 e. The van der Waals surface area contributed by atoms with Gasteiger partial charge in [0.1, 0.15) is 5.75 Å². The summed E-state index contributed by atoms with van der Waals surface area (Å²) in [5.41, 5.74) is 2.14. The quantitative estimate of drug-likeness (QED) is 0.433. The van der Waals surface area contributed by atoms with Gasteiger partial charge in [-0.1, -0.05) is 43.3 Å². The highest BCUT2D eigenvalue weighted by atomic mass is 16.6. The zero-order chi connectivity index (χ0) is 21.7. The molecule has 30 heavy (non-hydrogen) atoms. The van der Waals surface area contributed by atoms with E-state index in [0.29, 0.717) is 23.4 Å². The van der Waals surface area contributed by atoms with Crippen LogP contribution in [0.1, 0.15) is 37.6 Å². The van der Waals surface area contributed by atoms with Crippen LogP contribution in [0, 0.1) is 10.1 Å². The number of ether oxygens (including phenoxy) is 1. The minimum absolute atomic E-state index is 0.0692. The average Bonchev–Trinajstić information content (AvgIpc) is 3.21. The first-order chi connectivity index (χ1) is 14.4. The Morgan fingerprint density at radius 3 is 2.60 bits per heavy atom. The van der Waals surface area contributed by atoms with E-state index in [9.17, 15) is 14.9 Å². The third-order valence-corrected chi connectivity index (χ3v) is 4.54. The number of nitrogens with one attached hydrogen (secondary N) is 1. The molecule has 1 aromatic heterocycles. The highest BCUT2D eigenvalue weighted by Crippen LogP contribution is 2.29. The lowest BCUT2D eigenvalue weighted by molar-refractivity contribution is -0.384. The number of carbonyl (C=O) groups excluding carboxylic acids is 1. The summed E-state index contributed by atoms with van der Waals surface area (Å²) in [5, 5.41) is 17.5. The number of amides is 1. The maximum atomic E-state index is 12.3. The van der Waals surface area contributed by atoms with Crippen molar-refractivity contribution in [3.8, 4) is 17.1 Å². The number of carbonyl (C=O) groups is 1. The molecule has 0 saturated heterocycles. The van der Waals surface area contributed by atoms with Gasteiger partial charge in [-0.15, -0.1) is 0 Å². The van der Waals surface area contributed by atoms with Gasteiger partial charge in [0.15, 0.2) is 0 Å². The van der Waals surface area contributed by atoms with Crippen molar-refractivity contribution in [3.63, 3.8) is 0 Å². The predicted molar refractivity (Wildman–Crippen MR) is 110 cm³/mol. The van der Waals surface area contributed by atoms with Gasteiger partial charge in [0.25, 0.3) is 5.69 Å². The lowest BCUT2D eigenvalue weighted by Crippen LogP contribution is -2.13. The molecule has 0 aliphatic rings. The van der Waals surface area contributed by atoms with Gasteiger partial charge in [0.2, 0.25) is 17.6 Å². The average molecular weight is 410 g/mol. The van der Waals surface area contributed by atoms with Crippen molar-refractivity contribution >= 4 is 17.3 Å². The number of benzene rings is 2. The molecule has 156 valence electrons. The van der Waals surface area contributed by atoms with Crippen LogP contribution in [0.15, 0.2) is 47.0 Å². The van der Waals surface area contributed by atoms with E-state index in [-0.39, 0.29) is 30.1 Å². The van der Waals surface area contributed by atoms with Gasteiger partial charge in [-0.05, 0) is 17.5 Å². The Morgan fingerprint density at radius 1 is 1.23 bits per heavy atom. The second kappa shape index (κ2) is 9.17. The number of nitro groups is 1. The zero-order valence-corrected chi connectivity index (χ0v) is 16.9. The molecule has 0 saturated carbocycles. The summed E-state index contributed by atoms with van der Waals surface area (Å²) in [6.07, 6.45) is 0.305. The molecule has 0 spiro atoms. The van der Waals surface area contributed by atoms with Gasteiger partial charge in [-0.25, -0.2) is 0 Å². The van der Waals surface area contributed by atoms with E-state index in [1.54, 1.807) is 0 Å². The number of hydrogen-bond donors (Lipinski definition) is 1. The monoisotopic (exact) mass is 410 g/mol. The van der Waals surface area contributed by atoms with E-state index in [1.807, 2.05) is 24.3 Å². The lowest BCUT2D eigenvalue weighted by Gasteiger charge is -2.09. The van der Waals surface area contributed by atoms with Gasteiger partial charge >= 0.3 is 0 Å². The number of rotatable bonds is 8. The van der Waals surface area contributed by atoms with Crippen LogP contribution in [0.2, 0.25) is 0 Å². The molecule has 9 heteroatoms. The van der Waals surface area contributed by atoms with Crippen LogP contribution >= 0.6 is 0 Å². The Morgan fingerprint density at radius 2 is 1.97 bits per heavy atom. The molecule has 0 aliphatic carbocycles. The van der Waals surface area contributed by atoms with Crippen molar-refractivity contribution in [2.75, 3.05) is 12.4 Å². The normalized spacial score (nSPS) is 10.8. The summed E-state index contributed by atoms with van der Waals surface area (Å²) in [6, 6.07) is 11.9. The molecule has 0 fully saturated rings. The summed E-state index contributed by atoms with van der Waals surface area (Å²) in [5.74, 6) is 1.21. The third kappa shape index (κ3) is 4.99. The maximum absolute atomic E-state index is 12.3. The molecule has 0 unspecified atom stereocenters. The summed E-state index contributed by atoms with van der Waals surface area (Å²) in [4.78, 5) is 27.0. The molecule has 9 nitrogen and oxygen atoms in total. The molecular formula is C21H22N4O5. The number of aryl methyl sites for hydroxylation is 1. The summed E-state index contributed by atoms with van der Waals surface area (Å²) >= 11 is 0. The SMILES string of the molecule is COc1ccc([N+](=O)[O-])cc1NC(=O)CCc1nc(-c2ccc(C(C)C)cc2)no1. The Kier molecular flexibility index (Phi) is 6.41. The van der Waals surface area contributed by atoms with Crippen molar-refractivity contribution in [3.05, 3.63) is 64.0 Å². The van der Waals surface area contributed by atoms with Crippen LogP contribution < -0.4 is 10.1 Å². The number of hydrogen-bond acceptors (Lipinski definition) is 7. The van der Waals surface area contributed by atoms with Gasteiger partial charge in [-0.3, -0.25) is 14.9 Å². The molecule has 2 aromatic carbocycles. The van der Waals surface area contributed by atoms with E-state index in [0.717, 1.165) is 5.56 Å². The van der Waals surface area contributed by atoms with Gasteiger partial charge in [0.05, 0.1) is 17.7 Å². The van der Waals surface area contributed by atoms with Crippen molar-refractivity contribution in [2.24, 2.45) is 0 Å². The zero-order valence-electron chi connectivity index (χ0n) is 16.9. The van der Waals surface area contributed by atoms with Crippen LogP contribution in [-0.4, -0.2) is 28.1 Å². The van der Waals surface area contributed by atoms with Gasteiger partial charge in [0, 0.05) is 30.5 Å². The predicted octanol–water partition coefficient (Wildman–Crippen LogP) is 4.35. The molecule has 0 aliphatic heterocycles.